The molecule has 0 saturated heterocycles. The number of aromatic nitrogens is 1. The Bertz CT molecular complexity index is 406. The summed E-state index contributed by atoms with van der Waals surface area (Å²) < 4.78 is 24.7. The Morgan fingerprint density at radius 2 is 1.55 bits per heavy atom. The van der Waals surface area contributed by atoms with Gasteiger partial charge in [-0.05, 0) is 11.7 Å². The van der Waals surface area contributed by atoms with Crippen LogP contribution in [0.4, 0.5) is 0 Å². The van der Waals surface area contributed by atoms with Gasteiger partial charge in [0.15, 0.2) is 0 Å². The smallest absolute Gasteiger partial charge is 0.244 e. The van der Waals surface area contributed by atoms with E-state index in [1.54, 1.807) is 6.92 Å². The minimum Gasteiger partial charge on any atom is -0.271 e. The summed E-state index contributed by atoms with van der Waals surface area (Å²) >= 11 is 0. The van der Waals surface area contributed by atoms with Gasteiger partial charge in [-0.25, -0.2) is 12.7 Å². The molecule has 0 aromatic carbocycles. The fraction of sp³-hybridized carbons (Fsp3) is 0.643. The van der Waals surface area contributed by atoms with Crippen LogP contribution in [0.1, 0.15) is 48.5 Å². The van der Waals surface area contributed by atoms with Crippen LogP contribution in [0.3, 0.4) is 0 Å². The van der Waals surface area contributed by atoms with Crippen molar-refractivity contribution in [2.24, 2.45) is 0 Å². The van der Waals surface area contributed by atoms with Crippen LogP contribution in [-0.4, -0.2) is 39.1 Å². The first kappa shape index (κ1) is 24.2. The summed E-state index contributed by atoms with van der Waals surface area (Å²) in [5.41, 5.74) is 0.308. The molecule has 0 amide bonds. The third kappa shape index (κ3) is 8.33. The molecule has 0 spiro atoms. The second-order valence-corrected chi connectivity index (χ2v) is 4.88. The van der Waals surface area contributed by atoms with Gasteiger partial charge in [0.25, 0.3) is 0 Å². The van der Waals surface area contributed by atoms with E-state index in [2.05, 4.69) is 4.98 Å². The molecule has 0 aliphatic rings. The zero-order valence-electron chi connectivity index (χ0n) is 14.1. The molecule has 1 aromatic heterocycles. The minimum atomic E-state index is -3.39. The monoisotopic (exact) mass is 300 g/mol. The molecule has 4 nitrogen and oxygen atoms in total. The lowest BCUT2D eigenvalue weighted by Gasteiger charge is -2.14. The van der Waals surface area contributed by atoms with E-state index >= 15 is 0 Å². The van der Waals surface area contributed by atoms with Crippen LogP contribution in [0.2, 0.25) is 0 Å². The Morgan fingerprint density at radius 3 is 1.85 bits per heavy atom. The van der Waals surface area contributed by atoms with Gasteiger partial charge in [-0.3, -0.25) is 4.98 Å². The van der Waals surface area contributed by atoms with E-state index in [1.807, 2.05) is 41.5 Å². The van der Waals surface area contributed by atoms with Crippen molar-refractivity contribution in [1.82, 2.24) is 9.29 Å². The minimum absolute atomic E-state index is 0.163. The van der Waals surface area contributed by atoms with Gasteiger partial charge in [-0.1, -0.05) is 54.5 Å². The molecule has 0 aliphatic heterocycles. The van der Waals surface area contributed by atoms with Crippen LogP contribution >= 0.6 is 0 Å². The highest BCUT2D eigenvalue weighted by atomic mass is 32.2. The van der Waals surface area contributed by atoms with Gasteiger partial charge < -0.3 is 0 Å². The summed E-state index contributed by atoms with van der Waals surface area (Å²) in [6, 6.07) is 2.92. The number of nitrogens with zero attached hydrogens (tertiary/aromatic N) is 2. The SMILES string of the molecule is CC.CC.CC.[B]c1ccc(S(=O)(=O)N(C)CC)cn1. The highest BCUT2D eigenvalue weighted by Crippen LogP contribution is 2.10. The molecule has 2 radical (unpaired) electrons. The third-order valence-electron chi connectivity index (χ3n) is 1.91. The van der Waals surface area contributed by atoms with Gasteiger partial charge >= 0.3 is 0 Å². The summed E-state index contributed by atoms with van der Waals surface area (Å²) in [7, 11) is 3.49. The average molecular weight is 300 g/mol. The summed E-state index contributed by atoms with van der Waals surface area (Å²) in [5.74, 6) is 0. The van der Waals surface area contributed by atoms with E-state index in [0.29, 0.717) is 12.1 Å². The van der Waals surface area contributed by atoms with E-state index in [1.165, 1.54) is 29.7 Å². The Morgan fingerprint density at radius 1 is 1.10 bits per heavy atom. The highest BCUT2D eigenvalue weighted by molar-refractivity contribution is 7.89. The third-order valence-corrected chi connectivity index (χ3v) is 3.83. The fourth-order valence-corrected chi connectivity index (χ4v) is 2.02. The van der Waals surface area contributed by atoms with Crippen molar-refractivity contribution in [1.29, 1.82) is 0 Å². The van der Waals surface area contributed by atoms with Crippen LogP contribution < -0.4 is 5.59 Å². The maximum Gasteiger partial charge on any atom is 0.244 e. The zero-order valence-corrected chi connectivity index (χ0v) is 15.0. The standard InChI is InChI=1S/C8H11BN2O2S.3C2H6/c1-3-11(2)14(12,13)7-4-5-8(9)10-6-7;3*1-2/h4-6H,3H2,1-2H3;3*1-2H3. The van der Waals surface area contributed by atoms with Gasteiger partial charge in [0.05, 0.1) is 0 Å². The Hall–Kier alpha value is -0.875. The first-order chi connectivity index (χ1) is 9.48. The lowest BCUT2D eigenvalue weighted by atomic mass is 10.1. The van der Waals surface area contributed by atoms with Crippen LogP contribution in [0.15, 0.2) is 23.2 Å². The van der Waals surface area contributed by atoms with Crippen LogP contribution in [-0.2, 0) is 10.0 Å². The van der Waals surface area contributed by atoms with E-state index in [4.69, 9.17) is 7.85 Å². The molecule has 6 heteroatoms. The largest absolute Gasteiger partial charge is 0.271 e. The molecule has 0 fully saturated rings. The van der Waals surface area contributed by atoms with Gasteiger partial charge in [-0.2, -0.15) is 0 Å². The van der Waals surface area contributed by atoms with Crippen molar-refractivity contribution in [3.8, 4) is 0 Å². The maximum atomic E-state index is 11.7. The molecule has 1 rings (SSSR count). The normalized spacial score (nSPS) is 9.25. The summed E-state index contributed by atoms with van der Waals surface area (Å²) in [4.78, 5) is 3.90. The van der Waals surface area contributed by atoms with Gasteiger partial charge in [0.2, 0.25) is 10.0 Å². The quantitative estimate of drug-likeness (QED) is 0.806. The molecular formula is C14H29BN2O2S. The van der Waals surface area contributed by atoms with Crippen LogP contribution in [0, 0.1) is 0 Å². The van der Waals surface area contributed by atoms with Gasteiger partial charge in [0.1, 0.15) is 12.7 Å². The Kier molecular flexibility index (Phi) is 17.6. The van der Waals surface area contributed by atoms with Crippen molar-refractivity contribution in [3.63, 3.8) is 0 Å². The van der Waals surface area contributed by atoms with Gasteiger partial charge in [0, 0.05) is 19.8 Å². The molecule has 116 valence electrons. The molecule has 0 unspecified atom stereocenters. The molecule has 0 bridgehead atoms. The maximum absolute atomic E-state index is 11.7. The Labute approximate surface area is 127 Å². The Balaban J connectivity index is -0.000000425. The lowest BCUT2D eigenvalue weighted by Crippen LogP contribution is -2.27. The van der Waals surface area contributed by atoms with Crippen molar-refractivity contribution in [2.45, 2.75) is 53.4 Å². The number of sulfonamides is 1. The van der Waals surface area contributed by atoms with E-state index < -0.39 is 10.0 Å². The van der Waals surface area contributed by atoms with Crippen LogP contribution in [0.5, 0.6) is 0 Å². The van der Waals surface area contributed by atoms with E-state index in [-0.39, 0.29) is 4.90 Å². The second-order valence-electron chi connectivity index (χ2n) is 2.84. The zero-order chi connectivity index (χ0) is 16.8. The molecule has 1 aromatic rings. The number of hydrogen-bond acceptors (Lipinski definition) is 3. The van der Waals surface area contributed by atoms with Crippen molar-refractivity contribution >= 4 is 23.5 Å². The molecular weight excluding hydrogens is 271 g/mol. The first-order valence-corrected chi connectivity index (χ1v) is 8.60. The molecule has 20 heavy (non-hydrogen) atoms. The van der Waals surface area contributed by atoms with Crippen molar-refractivity contribution < 1.29 is 8.42 Å². The molecule has 0 saturated carbocycles. The predicted octanol–water partition coefficient (Wildman–Crippen LogP) is 2.59. The molecule has 0 N–H and O–H groups in total. The summed E-state index contributed by atoms with van der Waals surface area (Å²) in [6.45, 7) is 14.2. The summed E-state index contributed by atoms with van der Waals surface area (Å²) in [5, 5.41) is 0. The number of pyridine rings is 1. The van der Waals surface area contributed by atoms with Crippen LogP contribution in [0.25, 0.3) is 0 Å². The predicted molar refractivity (Wildman–Crippen MR) is 89.2 cm³/mol. The highest BCUT2D eigenvalue weighted by Gasteiger charge is 2.18. The second kappa shape index (κ2) is 14.5. The molecule has 0 aliphatic carbocycles. The first-order valence-electron chi connectivity index (χ1n) is 7.16. The topological polar surface area (TPSA) is 50.3 Å². The van der Waals surface area contributed by atoms with Crippen molar-refractivity contribution in [2.75, 3.05) is 13.6 Å². The van der Waals surface area contributed by atoms with E-state index in [0.717, 1.165) is 0 Å². The molecule has 1 heterocycles. The molecule has 0 atom stereocenters. The summed E-state index contributed by atoms with van der Waals surface area (Å²) in [6.07, 6.45) is 1.26. The van der Waals surface area contributed by atoms with Crippen molar-refractivity contribution in [3.05, 3.63) is 18.3 Å². The number of hydrogen-bond donors (Lipinski definition) is 0. The average Bonchev–Trinajstić information content (AvgIpc) is 2.52. The van der Waals surface area contributed by atoms with E-state index in [9.17, 15) is 8.42 Å². The lowest BCUT2D eigenvalue weighted by molar-refractivity contribution is 0.486. The fourth-order valence-electron chi connectivity index (χ4n) is 0.894. The number of rotatable bonds is 3. The van der Waals surface area contributed by atoms with Gasteiger partial charge in [-0.15, -0.1) is 0 Å².